The van der Waals surface area contributed by atoms with Gasteiger partial charge < -0.3 is 0 Å². The van der Waals surface area contributed by atoms with Crippen LogP contribution >= 0.6 is 33.9 Å². The molecule has 3 rings (SSSR count). The molecule has 0 atom stereocenters. The summed E-state index contributed by atoms with van der Waals surface area (Å²) in [6, 6.07) is 6.76. The van der Waals surface area contributed by atoms with E-state index in [1.54, 1.807) is 0 Å². The van der Waals surface area contributed by atoms with Crippen LogP contribution in [0.25, 0.3) is 10.1 Å². The van der Waals surface area contributed by atoms with Crippen molar-refractivity contribution in [2.45, 2.75) is 19.4 Å². The molecule has 2 heterocycles. The molecule has 1 saturated heterocycles. The van der Waals surface area contributed by atoms with Crippen LogP contribution in [0.15, 0.2) is 23.6 Å². The van der Waals surface area contributed by atoms with Gasteiger partial charge in [0.1, 0.15) is 0 Å². The van der Waals surface area contributed by atoms with Crippen molar-refractivity contribution < 1.29 is 0 Å². The molecule has 1 nitrogen and oxygen atoms in total. The van der Waals surface area contributed by atoms with Crippen LogP contribution in [0.4, 0.5) is 0 Å². The fourth-order valence-corrected chi connectivity index (χ4v) is 3.78. The molecule has 0 aliphatic carbocycles. The lowest BCUT2D eigenvalue weighted by atomic mass is 10.2. The molecule has 0 amide bonds. The molecule has 0 unspecified atom stereocenters. The third-order valence-corrected chi connectivity index (χ3v) is 4.89. The summed E-state index contributed by atoms with van der Waals surface area (Å²) in [5.41, 5.74) is 1.51. The molecule has 84 valence electrons. The molecule has 0 spiro atoms. The Morgan fingerprint density at radius 1 is 1.25 bits per heavy atom. The van der Waals surface area contributed by atoms with Crippen LogP contribution in [0.3, 0.4) is 0 Å². The van der Waals surface area contributed by atoms with Gasteiger partial charge in [-0.2, -0.15) is 0 Å². The van der Waals surface area contributed by atoms with Crippen LogP contribution in [0.5, 0.6) is 0 Å². The lowest BCUT2D eigenvalue weighted by Crippen LogP contribution is -2.17. The summed E-state index contributed by atoms with van der Waals surface area (Å²) in [6.07, 6.45) is 2.75. The van der Waals surface area contributed by atoms with Crippen molar-refractivity contribution in [1.82, 2.24) is 4.90 Å². The minimum absolute atomic E-state index is 1.14. The lowest BCUT2D eigenvalue weighted by Gasteiger charge is -2.13. The Morgan fingerprint density at radius 3 is 2.88 bits per heavy atom. The minimum Gasteiger partial charge on any atom is -0.299 e. The fourth-order valence-electron chi connectivity index (χ4n) is 2.36. The number of fused-ring (bicyclic) bond motifs is 1. The zero-order valence-electron chi connectivity index (χ0n) is 9.08. The molecule has 0 bridgehead atoms. The molecule has 3 heteroatoms. The molecule has 1 aliphatic heterocycles. The predicted molar refractivity (Wildman–Crippen MR) is 79.1 cm³/mol. The van der Waals surface area contributed by atoms with Crippen molar-refractivity contribution in [3.8, 4) is 0 Å². The van der Waals surface area contributed by atoms with Crippen molar-refractivity contribution in [1.29, 1.82) is 0 Å². The van der Waals surface area contributed by atoms with Gasteiger partial charge in [0.15, 0.2) is 0 Å². The van der Waals surface area contributed by atoms with Gasteiger partial charge in [0.25, 0.3) is 0 Å². The Labute approximate surface area is 114 Å². The van der Waals surface area contributed by atoms with Crippen LogP contribution in [0.1, 0.15) is 18.4 Å². The van der Waals surface area contributed by atoms with E-state index in [0.717, 1.165) is 6.54 Å². The first-order valence-electron chi connectivity index (χ1n) is 5.71. The molecular formula is C13H14INS. The number of thiophene rings is 1. The lowest BCUT2D eigenvalue weighted by molar-refractivity contribution is 0.333. The third-order valence-electron chi connectivity index (χ3n) is 3.21. The van der Waals surface area contributed by atoms with E-state index in [9.17, 15) is 0 Å². The SMILES string of the molecule is Ic1ccc2scc(CN3CCCC3)c2c1. The average molecular weight is 343 g/mol. The summed E-state index contributed by atoms with van der Waals surface area (Å²) in [7, 11) is 0. The van der Waals surface area contributed by atoms with Gasteiger partial charge in [-0.25, -0.2) is 0 Å². The first-order chi connectivity index (χ1) is 7.83. The first kappa shape index (κ1) is 11.0. The van der Waals surface area contributed by atoms with E-state index >= 15 is 0 Å². The second-order valence-corrected chi connectivity index (χ2v) is 6.54. The molecule has 2 aromatic rings. The highest BCUT2D eigenvalue weighted by atomic mass is 127. The van der Waals surface area contributed by atoms with Crippen LogP contribution in [-0.4, -0.2) is 18.0 Å². The molecule has 16 heavy (non-hydrogen) atoms. The monoisotopic (exact) mass is 343 g/mol. The second kappa shape index (κ2) is 4.63. The number of nitrogens with zero attached hydrogens (tertiary/aromatic N) is 1. The highest BCUT2D eigenvalue weighted by Gasteiger charge is 2.14. The summed E-state index contributed by atoms with van der Waals surface area (Å²) < 4.78 is 2.76. The van der Waals surface area contributed by atoms with Crippen molar-refractivity contribution in [3.63, 3.8) is 0 Å². The molecule has 1 aliphatic rings. The highest BCUT2D eigenvalue weighted by Crippen LogP contribution is 2.29. The highest BCUT2D eigenvalue weighted by molar-refractivity contribution is 14.1. The van der Waals surface area contributed by atoms with Crippen LogP contribution in [0.2, 0.25) is 0 Å². The van der Waals surface area contributed by atoms with Gasteiger partial charge in [-0.05, 0) is 83.1 Å². The van der Waals surface area contributed by atoms with Crippen LogP contribution in [0, 0.1) is 3.57 Å². The van der Waals surface area contributed by atoms with E-state index < -0.39 is 0 Å². The van der Waals surface area contributed by atoms with E-state index in [1.807, 2.05) is 11.3 Å². The van der Waals surface area contributed by atoms with Crippen molar-refractivity contribution >= 4 is 44.0 Å². The number of hydrogen-bond acceptors (Lipinski definition) is 2. The number of hydrogen-bond donors (Lipinski definition) is 0. The third kappa shape index (κ3) is 2.13. The Bertz CT molecular complexity index is 500. The smallest absolute Gasteiger partial charge is 0.0346 e. The van der Waals surface area contributed by atoms with Crippen molar-refractivity contribution in [2.24, 2.45) is 0 Å². The van der Waals surface area contributed by atoms with Gasteiger partial charge in [0.05, 0.1) is 0 Å². The van der Waals surface area contributed by atoms with Gasteiger partial charge in [-0.3, -0.25) is 4.90 Å². The molecule has 0 radical (unpaired) electrons. The molecule has 0 saturated carbocycles. The maximum absolute atomic E-state index is 2.57. The summed E-state index contributed by atoms with van der Waals surface area (Å²) >= 11 is 4.27. The summed E-state index contributed by atoms with van der Waals surface area (Å²) in [5, 5.41) is 3.79. The number of benzene rings is 1. The van der Waals surface area contributed by atoms with Gasteiger partial charge >= 0.3 is 0 Å². The normalized spacial score (nSPS) is 17.3. The van der Waals surface area contributed by atoms with E-state index in [-0.39, 0.29) is 0 Å². The zero-order chi connectivity index (χ0) is 11.0. The average Bonchev–Trinajstić information content (AvgIpc) is 2.90. The van der Waals surface area contributed by atoms with E-state index in [4.69, 9.17) is 0 Å². The standard InChI is InChI=1S/C13H14INS/c14-11-3-4-13-12(7-11)10(9-16-13)8-15-5-1-2-6-15/h3-4,7,9H,1-2,5-6,8H2. The van der Waals surface area contributed by atoms with E-state index in [1.165, 1.54) is 45.2 Å². The Balaban J connectivity index is 1.93. The Kier molecular flexibility index (Phi) is 3.18. The first-order valence-corrected chi connectivity index (χ1v) is 7.67. The zero-order valence-corrected chi connectivity index (χ0v) is 12.1. The topological polar surface area (TPSA) is 3.24 Å². The second-order valence-electron chi connectivity index (χ2n) is 4.38. The Morgan fingerprint density at radius 2 is 2.06 bits per heavy atom. The van der Waals surface area contributed by atoms with Gasteiger partial charge in [0, 0.05) is 14.8 Å². The van der Waals surface area contributed by atoms with Crippen LogP contribution in [-0.2, 0) is 6.54 Å². The molecule has 1 aromatic heterocycles. The van der Waals surface area contributed by atoms with Gasteiger partial charge in [0.2, 0.25) is 0 Å². The van der Waals surface area contributed by atoms with Gasteiger partial charge in [-0.1, -0.05) is 0 Å². The Hall–Kier alpha value is -0.130. The van der Waals surface area contributed by atoms with Crippen molar-refractivity contribution in [3.05, 3.63) is 32.7 Å². The van der Waals surface area contributed by atoms with Crippen molar-refractivity contribution in [2.75, 3.05) is 13.1 Å². The largest absolute Gasteiger partial charge is 0.299 e. The number of halogens is 1. The summed E-state index contributed by atoms with van der Waals surface area (Å²) in [5.74, 6) is 0. The summed E-state index contributed by atoms with van der Waals surface area (Å²) in [6.45, 7) is 3.70. The quantitative estimate of drug-likeness (QED) is 0.742. The minimum atomic E-state index is 1.14. The van der Waals surface area contributed by atoms with Crippen LogP contribution < -0.4 is 0 Å². The maximum atomic E-state index is 2.57. The number of likely N-dealkylation sites (tertiary alicyclic amines) is 1. The molecule has 1 aromatic carbocycles. The maximum Gasteiger partial charge on any atom is 0.0346 e. The summed E-state index contributed by atoms with van der Waals surface area (Å²) in [4.78, 5) is 2.57. The van der Waals surface area contributed by atoms with E-state index in [0.29, 0.717) is 0 Å². The number of rotatable bonds is 2. The molecular weight excluding hydrogens is 329 g/mol. The fraction of sp³-hybridized carbons (Fsp3) is 0.385. The predicted octanol–water partition coefficient (Wildman–Crippen LogP) is 4.10. The molecule has 1 fully saturated rings. The van der Waals surface area contributed by atoms with E-state index in [2.05, 4.69) is 51.1 Å². The molecule has 0 N–H and O–H groups in total. The van der Waals surface area contributed by atoms with Gasteiger partial charge in [-0.15, -0.1) is 11.3 Å².